The van der Waals surface area contributed by atoms with E-state index in [2.05, 4.69) is 241 Å². The molecule has 3 nitrogen and oxygen atoms in total. The van der Waals surface area contributed by atoms with Crippen molar-refractivity contribution >= 4 is 82.2 Å². The molecule has 1 aliphatic carbocycles. The predicted octanol–water partition coefficient (Wildman–Crippen LogP) is 17.5. The summed E-state index contributed by atoms with van der Waals surface area (Å²) in [7, 11) is 0. The number of hydrogen-bond acceptors (Lipinski definition) is 2. The van der Waals surface area contributed by atoms with E-state index in [4.69, 9.17) is 4.42 Å². The summed E-state index contributed by atoms with van der Waals surface area (Å²) in [6.45, 7) is 2.36. The Balaban J connectivity index is 0.976. The zero-order chi connectivity index (χ0) is 43.7. The molecule has 1 atom stereocenters. The number of para-hydroxylation sites is 3. The van der Waals surface area contributed by atoms with E-state index < -0.39 is 0 Å². The lowest BCUT2D eigenvalue weighted by Crippen LogP contribution is -2.20. The van der Waals surface area contributed by atoms with Crippen molar-refractivity contribution < 1.29 is 4.42 Å². The average molecular weight is 845 g/mol. The van der Waals surface area contributed by atoms with Gasteiger partial charge in [-0.15, -0.1) is 0 Å². The van der Waals surface area contributed by atoms with Crippen molar-refractivity contribution in [2.45, 2.75) is 13.3 Å². The first kappa shape index (κ1) is 38.1. The topological polar surface area (TPSA) is 21.3 Å². The van der Waals surface area contributed by atoms with Gasteiger partial charge in [0.15, 0.2) is 5.58 Å². The molecular weight excluding hydrogens is 801 g/mol. The molecule has 1 unspecified atom stereocenters. The van der Waals surface area contributed by atoms with Gasteiger partial charge in [-0.05, 0) is 128 Å². The van der Waals surface area contributed by atoms with Crippen LogP contribution >= 0.6 is 0 Å². The Hall–Kier alpha value is -8.40. The van der Waals surface area contributed by atoms with E-state index in [-0.39, 0.29) is 0 Å². The maximum atomic E-state index is 6.64. The van der Waals surface area contributed by atoms with Crippen LogP contribution in [-0.2, 0) is 0 Å². The molecule has 13 rings (SSSR count). The van der Waals surface area contributed by atoms with E-state index in [1.54, 1.807) is 0 Å². The van der Waals surface area contributed by atoms with Crippen molar-refractivity contribution in [3.8, 4) is 27.9 Å². The first-order valence-electron chi connectivity index (χ1n) is 23.0. The highest BCUT2D eigenvalue weighted by molar-refractivity contribution is 6.17. The van der Waals surface area contributed by atoms with Crippen LogP contribution in [0.15, 0.2) is 241 Å². The van der Waals surface area contributed by atoms with Crippen LogP contribution in [-0.4, -0.2) is 4.57 Å². The highest BCUT2D eigenvalue weighted by Crippen LogP contribution is 2.45. The summed E-state index contributed by atoms with van der Waals surface area (Å²) in [5.41, 5.74) is 15.8. The summed E-state index contributed by atoms with van der Waals surface area (Å²) in [4.78, 5) is 2.47. The summed E-state index contributed by atoms with van der Waals surface area (Å²) in [6, 6.07) is 79.6. The summed E-state index contributed by atoms with van der Waals surface area (Å²) >= 11 is 0. The number of fused-ring (bicyclic) bond motifs is 9. The van der Waals surface area contributed by atoms with E-state index >= 15 is 0 Å². The normalized spacial score (nSPS) is 14.1. The van der Waals surface area contributed by atoms with Gasteiger partial charge in [0.1, 0.15) is 5.58 Å². The molecule has 0 amide bonds. The number of allylic oxidation sites excluding steroid dienone is 3. The molecule has 12 aromatic rings. The Bertz CT molecular complexity index is 3920. The molecule has 312 valence electrons. The van der Waals surface area contributed by atoms with Gasteiger partial charge < -0.3 is 13.9 Å². The van der Waals surface area contributed by atoms with Crippen LogP contribution in [0.2, 0.25) is 0 Å². The van der Waals surface area contributed by atoms with Gasteiger partial charge in [-0.1, -0.05) is 177 Å². The number of rotatable bonds is 7. The van der Waals surface area contributed by atoms with Gasteiger partial charge in [-0.25, -0.2) is 0 Å². The molecular formula is C63H44N2O. The van der Waals surface area contributed by atoms with Crippen LogP contribution in [0.25, 0.3) is 98.8 Å². The van der Waals surface area contributed by atoms with Crippen molar-refractivity contribution in [2.24, 2.45) is 5.92 Å². The number of hydrogen-bond donors (Lipinski definition) is 0. The van der Waals surface area contributed by atoms with Crippen LogP contribution in [0.3, 0.4) is 0 Å². The lowest BCUT2D eigenvalue weighted by atomic mass is 9.85. The van der Waals surface area contributed by atoms with Crippen LogP contribution in [0, 0.1) is 5.92 Å². The van der Waals surface area contributed by atoms with Gasteiger partial charge >= 0.3 is 0 Å². The van der Waals surface area contributed by atoms with Crippen molar-refractivity contribution in [1.82, 2.24) is 4.57 Å². The van der Waals surface area contributed by atoms with Crippen LogP contribution in [0.4, 0.5) is 11.4 Å². The highest BCUT2D eigenvalue weighted by Gasteiger charge is 2.26. The second-order valence-electron chi connectivity index (χ2n) is 17.7. The van der Waals surface area contributed by atoms with Gasteiger partial charge in [0.25, 0.3) is 0 Å². The van der Waals surface area contributed by atoms with E-state index in [9.17, 15) is 0 Å². The van der Waals surface area contributed by atoms with Crippen molar-refractivity contribution in [3.63, 3.8) is 0 Å². The standard InChI is InChI=1S/C63H44N2O/c1-41-15-11-27-57(61(41)44-17-3-2-4-18-44)64(48-36-33-42(34-37-48)45-35-38-51-47(39-45)32-31-43-16-5-6-21-50(43)51)49-20-12-19-46(40-49)52-24-13-28-58-62(52)55-23-7-9-26-56(55)65(58)59-29-14-25-54-53-22-8-10-30-60(53)66-63(54)59/h2-14,16-41H,15H2,1H3. The van der Waals surface area contributed by atoms with Crippen molar-refractivity contribution in [3.05, 3.63) is 242 Å². The largest absolute Gasteiger partial charge is 0.454 e. The Morgan fingerprint density at radius 3 is 2.05 bits per heavy atom. The lowest BCUT2D eigenvalue weighted by Gasteiger charge is -2.33. The van der Waals surface area contributed by atoms with E-state index in [1.165, 1.54) is 65.8 Å². The molecule has 10 aromatic carbocycles. The minimum absolute atomic E-state index is 0.335. The molecule has 0 saturated carbocycles. The fourth-order valence-corrected chi connectivity index (χ4v) is 10.8. The fraction of sp³-hybridized carbons (Fsp3) is 0.0476. The molecule has 0 radical (unpaired) electrons. The Labute approximate surface area is 383 Å². The number of nitrogens with zero attached hydrogens (tertiary/aromatic N) is 2. The summed E-state index contributed by atoms with van der Waals surface area (Å²) in [5.74, 6) is 0.335. The Morgan fingerprint density at radius 2 is 1.15 bits per heavy atom. The Morgan fingerprint density at radius 1 is 0.470 bits per heavy atom. The van der Waals surface area contributed by atoms with Crippen molar-refractivity contribution in [2.75, 3.05) is 4.90 Å². The zero-order valence-corrected chi connectivity index (χ0v) is 36.5. The molecule has 1 aliphatic rings. The monoisotopic (exact) mass is 844 g/mol. The van der Waals surface area contributed by atoms with E-state index in [0.717, 1.165) is 62.0 Å². The predicted molar refractivity (Wildman–Crippen MR) is 279 cm³/mol. The number of benzene rings is 10. The van der Waals surface area contributed by atoms with E-state index in [0.29, 0.717) is 5.92 Å². The first-order valence-corrected chi connectivity index (χ1v) is 23.0. The van der Waals surface area contributed by atoms with Gasteiger partial charge in [-0.3, -0.25) is 0 Å². The minimum atomic E-state index is 0.335. The smallest absolute Gasteiger partial charge is 0.159 e. The third-order valence-electron chi connectivity index (χ3n) is 13.8. The SMILES string of the molecule is CC1CC=CC(N(c2ccc(-c3ccc4c(ccc5ccccc54)c3)cc2)c2cccc(-c3cccc4c3c3ccccc3n4-c3cccc4c3oc3ccccc34)c2)=C1c1ccccc1. The second kappa shape index (κ2) is 15.4. The molecule has 0 fully saturated rings. The van der Waals surface area contributed by atoms with E-state index in [1.807, 2.05) is 6.07 Å². The number of aromatic nitrogens is 1. The van der Waals surface area contributed by atoms with Gasteiger partial charge in [0.2, 0.25) is 0 Å². The molecule has 0 spiro atoms. The molecule has 0 aliphatic heterocycles. The lowest BCUT2D eigenvalue weighted by molar-refractivity contribution is 0.666. The molecule has 0 bridgehead atoms. The van der Waals surface area contributed by atoms with Gasteiger partial charge in [0.05, 0.1) is 16.7 Å². The van der Waals surface area contributed by atoms with Gasteiger partial charge in [0, 0.05) is 38.6 Å². The first-order chi connectivity index (χ1) is 32.7. The minimum Gasteiger partial charge on any atom is -0.454 e. The van der Waals surface area contributed by atoms with Gasteiger partial charge in [-0.2, -0.15) is 0 Å². The van der Waals surface area contributed by atoms with Crippen LogP contribution in [0.1, 0.15) is 18.9 Å². The third-order valence-corrected chi connectivity index (χ3v) is 13.8. The summed E-state index contributed by atoms with van der Waals surface area (Å²) < 4.78 is 9.03. The fourth-order valence-electron chi connectivity index (χ4n) is 10.8. The molecule has 2 heterocycles. The highest BCUT2D eigenvalue weighted by atomic mass is 16.3. The summed E-state index contributed by atoms with van der Waals surface area (Å²) in [6.07, 6.45) is 5.67. The maximum absolute atomic E-state index is 6.64. The molecule has 2 aromatic heterocycles. The molecule has 0 N–H and O–H groups in total. The quantitative estimate of drug-likeness (QED) is 0.149. The zero-order valence-electron chi connectivity index (χ0n) is 36.5. The van der Waals surface area contributed by atoms with Crippen LogP contribution < -0.4 is 4.90 Å². The maximum Gasteiger partial charge on any atom is 0.159 e. The summed E-state index contributed by atoms with van der Waals surface area (Å²) in [5, 5.41) is 9.74. The second-order valence-corrected chi connectivity index (χ2v) is 17.7. The van der Waals surface area contributed by atoms with Crippen LogP contribution in [0.5, 0.6) is 0 Å². The number of furan rings is 1. The third kappa shape index (κ3) is 6.12. The molecule has 3 heteroatoms. The molecule has 0 saturated heterocycles. The average Bonchev–Trinajstić information content (AvgIpc) is 3.93. The Kier molecular flexibility index (Phi) is 8.89. The van der Waals surface area contributed by atoms with Crippen molar-refractivity contribution in [1.29, 1.82) is 0 Å². The number of anilines is 2. The molecule has 66 heavy (non-hydrogen) atoms.